The first kappa shape index (κ1) is 14.9. The lowest BCUT2D eigenvalue weighted by Gasteiger charge is -2.06. The molecule has 2 rings (SSSR count). The molecule has 0 saturated heterocycles. The first-order chi connectivity index (χ1) is 9.74. The third-order valence-electron chi connectivity index (χ3n) is 3.37. The number of allylic oxidation sites excluding steroid dienone is 1. The lowest BCUT2D eigenvalue weighted by Crippen LogP contribution is -1.84. The molecule has 0 unspecified atom stereocenters. The zero-order valence-electron chi connectivity index (χ0n) is 11.8. The van der Waals surface area contributed by atoms with Crippen molar-refractivity contribution in [2.75, 3.05) is 0 Å². The Morgan fingerprint density at radius 3 is 2.95 bits per heavy atom. The predicted octanol–water partition coefficient (Wildman–Crippen LogP) is 5.58. The topological polar surface area (TPSA) is 33.1 Å². The second-order valence-corrected chi connectivity index (χ2v) is 5.35. The molecule has 0 aliphatic rings. The van der Waals surface area contributed by atoms with Crippen LogP contribution in [0.4, 0.5) is 0 Å². The number of benzene rings is 1. The first-order valence-corrected chi connectivity index (χ1v) is 7.54. The van der Waals surface area contributed by atoms with Gasteiger partial charge in [0, 0.05) is 17.1 Å². The van der Waals surface area contributed by atoms with E-state index < -0.39 is 0 Å². The van der Waals surface area contributed by atoms with Gasteiger partial charge in [-0.05, 0) is 31.0 Å². The maximum atomic E-state index is 10.2. The van der Waals surface area contributed by atoms with Crippen LogP contribution in [0, 0.1) is 0 Å². The summed E-state index contributed by atoms with van der Waals surface area (Å²) in [5.74, 6) is 0.204. The Balaban J connectivity index is 2.14. The predicted molar refractivity (Wildman–Crippen MR) is 86.2 cm³/mol. The quantitative estimate of drug-likeness (QED) is 0.704. The Labute approximate surface area is 125 Å². The maximum Gasteiger partial charge on any atom is 0.149 e. The summed E-state index contributed by atoms with van der Waals surface area (Å²) in [7, 11) is 0. The lowest BCUT2D eigenvalue weighted by molar-refractivity contribution is 0.479. The molecule has 0 saturated carbocycles. The summed E-state index contributed by atoms with van der Waals surface area (Å²) in [5, 5.41) is 11.6. The van der Waals surface area contributed by atoms with Gasteiger partial charge in [0.25, 0.3) is 0 Å². The molecule has 0 radical (unpaired) electrons. The van der Waals surface area contributed by atoms with Crippen LogP contribution in [0.25, 0.3) is 17.0 Å². The molecule has 0 atom stereocenters. The second-order valence-electron chi connectivity index (χ2n) is 4.95. The number of aromatic nitrogens is 1. The van der Waals surface area contributed by atoms with Gasteiger partial charge in [-0.3, -0.25) is 4.98 Å². The van der Waals surface area contributed by atoms with E-state index in [1.54, 1.807) is 12.3 Å². The van der Waals surface area contributed by atoms with Gasteiger partial charge in [0.1, 0.15) is 11.3 Å². The summed E-state index contributed by atoms with van der Waals surface area (Å²) < 4.78 is 0. The highest BCUT2D eigenvalue weighted by Crippen LogP contribution is 2.33. The van der Waals surface area contributed by atoms with E-state index in [9.17, 15) is 5.11 Å². The van der Waals surface area contributed by atoms with Crippen LogP contribution in [0.3, 0.4) is 0 Å². The van der Waals surface area contributed by atoms with E-state index in [4.69, 9.17) is 11.6 Å². The van der Waals surface area contributed by atoms with Crippen molar-refractivity contribution in [1.29, 1.82) is 0 Å². The van der Waals surface area contributed by atoms with Crippen LogP contribution < -0.4 is 0 Å². The van der Waals surface area contributed by atoms with Crippen molar-refractivity contribution in [3.8, 4) is 5.75 Å². The van der Waals surface area contributed by atoms with Crippen molar-refractivity contribution in [3.05, 3.63) is 41.1 Å². The molecular weight excluding hydrogens is 270 g/mol. The van der Waals surface area contributed by atoms with Crippen molar-refractivity contribution in [2.24, 2.45) is 0 Å². The third kappa shape index (κ3) is 3.51. The number of fused-ring (bicyclic) bond motifs is 1. The van der Waals surface area contributed by atoms with Gasteiger partial charge in [0.05, 0.1) is 5.02 Å². The standard InChI is InChI=1S/C17H20ClNO/c1-2-3-4-5-6-7-9-13-12-15(18)14-10-8-11-19-16(14)17(13)20/h7-12,20H,2-6H2,1H3. The Morgan fingerprint density at radius 2 is 2.15 bits per heavy atom. The van der Waals surface area contributed by atoms with Gasteiger partial charge >= 0.3 is 0 Å². The minimum absolute atomic E-state index is 0.204. The van der Waals surface area contributed by atoms with Crippen LogP contribution in [0.5, 0.6) is 5.75 Å². The summed E-state index contributed by atoms with van der Waals surface area (Å²) in [4.78, 5) is 4.20. The number of hydrogen-bond acceptors (Lipinski definition) is 2. The number of aromatic hydroxyl groups is 1. The van der Waals surface area contributed by atoms with E-state index in [1.165, 1.54) is 25.7 Å². The molecule has 3 heteroatoms. The van der Waals surface area contributed by atoms with Gasteiger partial charge < -0.3 is 5.11 Å². The van der Waals surface area contributed by atoms with Gasteiger partial charge in [0.15, 0.2) is 0 Å². The Morgan fingerprint density at radius 1 is 1.30 bits per heavy atom. The average molecular weight is 290 g/mol. The molecule has 106 valence electrons. The van der Waals surface area contributed by atoms with E-state index in [0.29, 0.717) is 10.5 Å². The lowest BCUT2D eigenvalue weighted by atomic mass is 10.1. The maximum absolute atomic E-state index is 10.2. The zero-order valence-corrected chi connectivity index (χ0v) is 12.5. The Kier molecular flexibility index (Phi) is 5.42. The van der Waals surface area contributed by atoms with Crippen molar-refractivity contribution >= 4 is 28.6 Å². The Bertz CT molecular complexity index is 607. The molecule has 1 aromatic carbocycles. The normalized spacial score (nSPS) is 11.5. The van der Waals surface area contributed by atoms with Gasteiger partial charge in [-0.25, -0.2) is 0 Å². The highest BCUT2D eigenvalue weighted by molar-refractivity contribution is 6.35. The fourth-order valence-corrected chi connectivity index (χ4v) is 2.50. The number of unbranched alkanes of at least 4 members (excludes halogenated alkanes) is 4. The van der Waals surface area contributed by atoms with Crippen molar-refractivity contribution < 1.29 is 5.11 Å². The van der Waals surface area contributed by atoms with E-state index >= 15 is 0 Å². The number of hydrogen-bond donors (Lipinski definition) is 1. The van der Waals surface area contributed by atoms with Gasteiger partial charge in [-0.15, -0.1) is 0 Å². The largest absolute Gasteiger partial charge is 0.505 e. The van der Waals surface area contributed by atoms with E-state index in [2.05, 4.69) is 18.0 Å². The number of phenolic OH excluding ortho intramolecular Hbond substituents is 1. The highest BCUT2D eigenvalue weighted by Gasteiger charge is 2.08. The highest BCUT2D eigenvalue weighted by atomic mass is 35.5. The minimum Gasteiger partial charge on any atom is -0.505 e. The van der Waals surface area contributed by atoms with Crippen molar-refractivity contribution in [2.45, 2.75) is 39.0 Å². The SMILES string of the molecule is CCCCCCC=Cc1cc(Cl)c2cccnc2c1O. The molecule has 1 aromatic heterocycles. The molecule has 20 heavy (non-hydrogen) atoms. The molecule has 0 spiro atoms. The summed E-state index contributed by atoms with van der Waals surface area (Å²) in [6, 6.07) is 5.48. The number of pyridine rings is 1. The third-order valence-corrected chi connectivity index (χ3v) is 3.68. The fraction of sp³-hybridized carbons (Fsp3) is 0.353. The summed E-state index contributed by atoms with van der Waals surface area (Å²) >= 11 is 6.23. The monoisotopic (exact) mass is 289 g/mol. The molecule has 2 aromatic rings. The Hall–Kier alpha value is -1.54. The van der Waals surface area contributed by atoms with Crippen LogP contribution in [-0.4, -0.2) is 10.1 Å². The van der Waals surface area contributed by atoms with Crippen LogP contribution in [0.15, 0.2) is 30.5 Å². The first-order valence-electron chi connectivity index (χ1n) is 7.16. The average Bonchev–Trinajstić information content (AvgIpc) is 2.47. The van der Waals surface area contributed by atoms with Crippen LogP contribution in [0.2, 0.25) is 5.02 Å². The molecule has 1 heterocycles. The minimum atomic E-state index is 0.204. The number of halogens is 1. The molecule has 0 aliphatic carbocycles. The second kappa shape index (κ2) is 7.30. The van der Waals surface area contributed by atoms with Crippen molar-refractivity contribution in [1.82, 2.24) is 4.98 Å². The van der Waals surface area contributed by atoms with Gasteiger partial charge in [-0.1, -0.05) is 49.9 Å². The van der Waals surface area contributed by atoms with Crippen LogP contribution in [-0.2, 0) is 0 Å². The number of phenols is 1. The molecule has 1 N–H and O–H groups in total. The van der Waals surface area contributed by atoms with E-state index in [-0.39, 0.29) is 5.75 Å². The summed E-state index contributed by atoms with van der Waals surface area (Å²) in [6.45, 7) is 2.21. The van der Waals surface area contributed by atoms with E-state index in [0.717, 1.165) is 17.4 Å². The molecule has 0 bridgehead atoms. The number of nitrogens with zero attached hydrogens (tertiary/aromatic N) is 1. The molecule has 0 aliphatic heterocycles. The molecular formula is C17H20ClNO. The van der Waals surface area contributed by atoms with Crippen molar-refractivity contribution in [3.63, 3.8) is 0 Å². The summed E-state index contributed by atoms with van der Waals surface area (Å²) in [6.07, 6.45) is 11.7. The van der Waals surface area contributed by atoms with Crippen LogP contribution in [0.1, 0.15) is 44.6 Å². The fourth-order valence-electron chi connectivity index (χ4n) is 2.23. The smallest absolute Gasteiger partial charge is 0.149 e. The number of rotatable bonds is 6. The zero-order chi connectivity index (χ0) is 14.4. The molecule has 0 fully saturated rings. The molecule has 0 amide bonds. The molecule has 2 nitrogen and oxygen atoms in total. The van der Waals surface area contributed by atoms with E-state index in [1.807, 2.05) is 18.2 Å². The summed E-state index contributed by atoms with van der Waals surface area (Å²) in [5.41, 5.74) is 1.29. The van der Waals surface area contributed by atoms with Gasteiger partial charge in [0.2, 0.25) is 0 Å². The van der Waals surface area contributed by atoms with Crippen LogP contribution >= 0.6 is 11.6 Å². The van der Waals surface area contributed by atoms with Gasteiger partial charge in [-0.2, -0.15) is 0 Å².